The minimum atomic E-state index is 0.0775. The van der Waals surface area contributed by atoms with Crippen LogP contribution in [0.5, 0.6) is 0 Å². The summed E-state index contributed by atoms with van der Waals surface area (Å²) < 4.78 is 0. The third-order valence-electron chi connectivity index (χ3n) is 3.96. The molecular formula is C16H23ClN2O. The minimum Gasteiger partial charge on any atom is -0.335 e. The molecule has 1 heterocycles. The van der Waals surface area contributed by atoms with Crippen molar-refractivity contribution in [1.29, 1.82) is 0 Å². The molecule has 2 rings (SSSR count). The molecule has 0 aliphatic carbocycles. The van der Waals surface area contributed by atoms with Crippen LogP contribution in [-0.2, 0) is 0 Å². The van der Waals surface area contributed by atoms with Gasteiger partial charge < -0.3 is 10.2 Å². The van der Waals surface area contributed by atoms with Crippen LogP contribution in [0.15, 0.2) is 18.2 Å². The Balaban J connectivity index is 2.19. The molecule has 0 spiro atoms. The summed E-state index contributed by atoms with van der Waals surface area (Å²) in [6, 6.07) is 6.13. The van der Waals surface area contributed by atoms with Crippen molar-refractivity contribution in [3.63, 3.8) is 0 Å². The van der Waals surface area contributed by atoms with Gasteiger partial charge >= 0.3 is 0 Å². The predicted molar refractivity (Wildman–Crippen MR) is 83.4 cm³/mol. The number of hydrogen-bond donors (Lipinski definition) is 1. The van der Waals surface area contributed by atoms with Crippen molar-refractivity contribution in [3.05, 3.63) is 34.3 Å². The van der Waals surface area contributed by atoms with Gasteiger partial charge in [0, 0.05) is 29.2 Å². The Morgan fingerprint density at radius 2 is 2.25 bits per heavy atom. The molecule has 1 amide bonds. The lowest BCUT2D eigenvalue weighted by molar-refractivity contribution is 0.0688. The normalized spacial score (nSPS) is 18.6. The zero-order chi connectivity index (χ0) is 14.7. The Morgan fingerprint density at radius 3 is 2.85 bits per heavy atom. The van der Waals surface area contributed by atoms with Gasteiger partial charge in [-0.05, 0) is 57.9 Å². The molecule has 3 nitrogen and oxygen atoms in total. The fraction of sp³-hybridized carbons (Fsp3) is 0.562. The molecule has 0 radical (unpaired) electrons. The van der Waals surface area contributed by atoms with E-state index in [2.05, 4.69) is 19.2 Å². The minimum absolute atomic E-state index is 0.0775. The first kappa shape index (κ1) is 15.3. The first-order chi connectivity index (χ1) is 9.50. The number of nitrogens with one attached hydrogen (secondary N) is 1. The predicted octanol–water partition coefficient (Wildman–Crippen LogP) is 3.25. The Hall–Kier alpha value is -1.06. The van der Waals surface area contributed by atoms with Crippen molar-refractivity contribution in [2.45, 2.75) is 45.7 Å². The average Bonchev–Trinajstić information content (AvgIpc) is 2.91. The highest BCUT2D eigenvalue weighted by molar-refractivity contribution is 6.31. The number of hydrogen-bond acceptors (Lipinski definition) is 2. The topological polar surface area (TPSA) is 32.3 Å². The lowest BCUT2D eigenvalue weighted by atomic mass is 10.1. The maximum Gasteiger partial charge on any atom is 0.254 e. The highest BCUT2D eigenvalue weighted by Crippen LogP contribution is 2.21. The molecule has 4 heteroatoms. The van der Waals surface area contributed by atoms with Crippen molar-refractivity contribution in [2.24, 2.45) is 0 Å². The number of carbonyl (C=O) groups is 1. The zero-order valence-corrected chi connectivity index (χ0v) is 13.2. The molecule has 20 heavy (non-hydrogen) atoms. The van der Waals surface area contributed by atoms with E-state index in [9.17, 15) is 4.79 Å². The number of halogens is 1. The molecule has 1 fully saturated rings. The molecule has 1 atom stereocenters. The van der Waals surface area contributed by atoms with Gasteiger partial charge in [-0.3, -0.25) is 4.79 Å². The van der Waals surface area contributed by atoms with Crippen molar-refractivity contribution in [1.82, 2.24) is 10.2 Å². The summed E-state index contributed by atoms with van der Waals surface area (Å²) in [5, 5.41) is 4.11. The van der Waals surface area contributed by atoms with Crippen LogP contribution in [0.25, 0.3) is 0 Å². The zero-order valence-electron chi connectivity index (χ0n) is 12.4. The second-order valence-corrected chi connectivity index (χ2v) is 6.16. The van der Waals surface area contributed by atoms with Crippen LogP contribution in [-0.4, -0.2) is 36.0 Å². The highest BCUT2D eigenvalue weighted by Gasteiger charge is 2.25. The van der Waals surface area contributed by atoms with E-state index in [1.807, 2.05) is 30.0 Å². The molecule has 1 aromatic carbocycles. The summed E-state index contributed by atoms with van der Waals surface area (Å²) in [6.45, 7) is 7.85. The van der Waals surface area contributed by atoms with Crippen LogP contribution >= 0.6 is 11.6 Å². The number of amides is 1. The fourth-order valence-electron chi connectivity index (χ4n) is 2.67. The Bertz CT molecular complexity index is 481. The Kier molecular flexibility index (Phi) is 5.06. The number of benzene rings is 1. The summed E-state index contributed by atoms with van der Waals surface area (Å²) in [5.41, 5.74) is 1.58. The molecule has 1 aliphatic rings. The van der Waals surface area contributed by atoms with Crippen LogP contribution in [0, 0.1) is 6.92 Å². The summed E-state index contributed by atoms with van der Waals surface area (Å²) in [7, 11) is 0. The smallest absolute Gasteiger partial charge is 0.254 e. The molecule has 1 N–H and O–H groups in total. The van der Waals surface area contributed by atoms with Gasteiger partial charge in [-0.25, -0.2) is 0 Å². The van der Waals surface area contributed by atoms with Gasteiger partial charge in [-0.15, -0.1) is 0 Å². The maximum absolute atomic E-state index is 12.8. The van der Waals surface area contributed by atoms with Crippen LogP contribution in [0.4, 0.5) is 0 Å². The van der Waals surface area contributed by atoms with E-state index >= 15 is 0 Å². The van der Waals surface area contributed by atoms with Crippen LogP contribution in [0.1, 0.15) is 42.6 Å². The second kappa shape index (κ2) is 6.59. The largest absolute Gasteiger partial charge is 0.335 e. The first-order valence-electron chi connectivity index (χ1n) is 7.30. The van der Waals surface area contributed by atoms with Crippen LogP contribution in [0.3, 0.4) is 0 Å². The van der Waals surface area contributed by atoms with E-state index in [1.165, 1.54) is 6.42 Å². The standard InChI is InChI=1S/C16H23ClN2O/c1-11(2)19(10-13-6-5-9-18-13)16(20)14-7-4-8-15(17)12(14)3/h4,7-8,11,13,18H,5-6,9-10H2,1-3H3. The van der Waals surface area contributed by atoms with Crippen LogP contribution < -0.4 is 5.32 Å². The molecule has 1 unspecified atom stereocenters. The van der Waals surface area contributed by atoms with E-state index in [0.717, 1.165) is 25.1 Å². The number of carbonyl (C=O) groups excluding carboxylic acids is 1. The fourth-order valence-corrected chi connectivity index (χ4v) is 2.85. The van der Waals surface area contributed by atoms with Crippen molar-refractivity contribution >= 4 is 17.5 Å². The van der Waals surface area contributed by atoms with Crippen molar-refractivity contribution < 1.29 is 4.79 Å². The van der Waals surface area contributed by atoms with Crippen molar-refractivity contribution in [3.8, 4) is 0 Å². The summed E-state index contributed by atoms with van der Waals surface area (Å²) in [5.74, 6) is 0.0775. The maximum atomic E-state index is 12.8. The van der Waals surface area contributed by atoms with Gasteiger partial charge in [0.05, 0.1) is 0 Å². The van der Waals surface area contributed by atoms with Gasteiger partial charge in [0.15, 0.2) is 0 Å². The van der Waals surface area contributed by atoms with Crippen LogP contribution in [0.2, 0.25) is 5.02 Å². The second-order valence-electron chi connectivity index (χ2n) is 5.76. The van der Waals surface area contributed by atoms with E-state index < -0.39 is 0 Å². The third-order valence-corrected chi connectivity index (χ3v) is 4.37. The van der Waals surface area contributed by atoms with E-state index in [-0.39, 0.29) is 11.9 Å². The molecular weight excluding hydrogens is 272 g/mol. The van der Waals surface area contributed by atoms with E-state index in [4.69, 9.17) is 11.6 Å². The molecule has 0 saturated carbocycles. The SMILES string of the molecule is Cc1c(Cl)cccc1C(=O)N(CC1CCCN1)C(C)C. The third kappa shape index (κ3) is 3.33. The van der Waals surface area contributed by atoms with E-state index in [0.29, 0.717) is 16.6 Å². The first-order valence-corrected chi connectivity index (χ1v) is 7.68. The van der Waals surface area contributed by atoms with E-state index in [1.54, 1.807) is 0 Å². The van der Waals surface area contributed by atoms with Gasteiger partial charge in [-0.2, -0.15) is 0 Å². The monoisotopic (exact) mass is 294 g/mol. The molecule has 1 saturated heterocycles. The quantitative estimate of drug-likeness (QED) is 0.924. The summed E-state index contributed by atoms with van der Waals surface area (Å²) in [6.07, 6.45) is 2.34. The lowest BCUT2D eigenvalue weighted by Gasteiger charge is -2.30. The molecule has 1 aliphatic heterocycles. The number of nitrogens with zero attached hydrogens (tertiary/aromatic N) is 1. The van der Waals surface area contributed by atoms with Crippen molar-refractivity contribution in [2.75, 3.05) is 13.1 Å². The molecule has 0 aromatic heterocycles. The summed E-state index contributed by atoms with van der Waals surface area (Å²) in [4.78, 5) is 14.7. The Labute approximate surface area is 126 Å². The van der Waals surface area contributed by atoms with Gasteiger partial charge in [-0.1, -0.05) is 17.7 Å². The van der Waals surface area contributed by atoms with Gasteiger partial charge in [0.2, 0.25) is 0 Å². The molecule has 0 bridgehead atoms. The number of rotatable bonds is 4. The van der Waals surface area contributed by atoms with Gasteiger partial charge in [0.1, 0.15) is 0 Å². The summed E-state index contributed by atoms with van der Waals surface area (Å²) >= 11 is 6.13. The lowest BCUT2D eigenvalue weighted by Crippen LogP contribution is -2.45. The Morgan fingerprint density at radius 1 is 1.50 bits per heavy atom. The molecule has 110 valence electrons. The van der Waals surface area contributed by atoms with Gasteiger partial charge in [0.25, 0.3) is 5.91 Å². The molecule has 1 aromatic rings. The highest BCUT2D eigenvalue weighted by atomic mass is 35.5. The average molecular weight is 295 g/mol.